The zero-order valence-electron chi connectivity index (χ0n) is 13.4. The molecule has 0 aromatic carbocycles. The minimum atomic E-state index is -0.520. The number of rotatable bonds is 11. The maximum absolute atomic E-state index is 10.5. The van der Waals surface area contributed by atoms with Crippen LogP contribution in [-0.2, 0) is 12.3 Å². The van der Waals surface area contributed by atoms with Crippen LogP contribution in [0.3, 0.4) is 0 Å². The second kappa shape index (κ2) is 10.6. The number of nitrogens with one attached hydrogen (secondary N) is 2. The lowest BCUT2D eigenvalue weighted by Gasteiger charge is -2.09. The number of hydrogen-bond donors (Lipinski definition) is 2. The Morgan fingerprint density at radius 3 is 2.87 bits per heavy atom. The third-order valence-corrected chi connectivity index (χ3v) is 3.59. The Labute approximate surface area is 140 Å². The molecule has 0 saturated carbocycles. The molecule has 0 aliphatic rings. The summed E-state index contributed by atoms with van der Waals surface area (Å²) in [7, 11) is 3.99. The fourth-order valence-electron chi connectivity index (χ4n) is 1.73. The monoisotopic (exact) mass is 338 g/mol. The molecule has 0 spiro atoms. The van der Waals surface area contributed by atoms with Crippen LogP contribution in [-0.4, -0.2) is 42.8 Å². The van der Waals surface area contributed by atoms with Crippen molar-refractivity contribution in [3.63, 3.8) is 0 Å². The highest BCUT2D eigenvalue weighted by Gasteiger charge is 2.04. The van der Waals surface area contributed by atoms with Crippen LogP contribution in [0.2, 0.25) is 0 Å². The minimum absolute atomic E-state index is 0.237. The number of hydrogen-bond acceptors (Lipinski definition) is 7. The molecule has 8 heteroatoms. The zero-order valence-corrected chi connectivity index (χ0v) is 14.2. The molecule has 0 amide bonds. The summed E-state index contributed by atoms with van der Waals surface area (Å²) < 4.78 is 5.71. The SMILES string of the molecule is C#CCN/C(=C\[N+](=O)[O-])NCCSCc1ccc(CN(C)C)o1. The molecule has 2 N–H and O–H groups in total. The van der Waals surface area contributed by atoms with Gasteiger partial charge in [-0.05, 0) is 26.2 Å². The molecule has 1 heterocycles. The molecule has 0 aliphatic carbocycles. The van der Waals surface area contributed by atoms with Crippen molar-refractivity contribution < 1.29 is 9.34 Å². The number of thioether (sulfide) groups is 1. The fourth-order valence-corrected chi connectivity index (χ4v) is 2.48. The smallest absolute Gasteiger partial charge is 0.274 e. The third kappa shape index (κ3) is 8.80. The maximum Gasteiger partial charge on any atom is 0.274 e. The molecule has 0 aliphatic heterocycles. The van der Waals surface area contributed by atoms with Crippen LogP contribution in [0.15, 0.2) is 28.6 Å². The first-order valence-electron chi connectivity index (χ1n) is 7.08. The van der Waals surface area contributed by atoms with Gasteiger partial charge < -0.3 is 20.0 Å². The van der Waals surface area contributed by atoms with Gasteiger partial charge in [-0.1, -0.05) is 5.92 Å². The third-order valence-electron chi connectivity index (χ3n) is 2.61. The molecule has 1 aromatic rings. The van der Waals surface area contributed by atoms with Crippen molar-refractivity contribution in [2.45, 2.75) is 12.3 Å². The van der Waals surface area contributed by atoms with Gasteiger partial charge in [0.15, 0.2) is 5.82 Å². The number of nitro groups is 1. The second-order valence-electron chi connectivity index (χ2n) is 4.97. The van der Waals surface area contributed by atoms with Crippen LogP contribution in [0.1, 0.15) is 11.5 Å². The quantitative estimate of drug-likeness (QED) is 0.273. The van der Waals surface area contributed by atoms with E-state index in [4.69, 9.17) is 10.8 Å². The summed E-state index contributed by atoms with van der Waals surface area (Å²) in [6.45, 7) is 1.61. The van der Waals surface area contributed by atoms with Crippen molar-refractivity contribution in [2.75, 3.05) is 32.9 Å². The minimum Gasteiger partial charge on any atom is -0.464 e. The Balaban J connectivity index is 2.27. The molecular formula is C15H22N4O3S. The molecule has 126 valence electrons. The number of furan rings is 1. The van der Waals surface area contributed by atoms with E-state index in [1.807, 2.05) is 31.1 Å². The van der Waals surface area contributed by atoms with E-state index in [0.29, 0.717) is 12.4 Å². The van der Waals surface area contributed by atoms with Gasteiger partial charge in [0.2, 0.25) is 0 Å². The lowest BCUT2D eigenvalue weighted by molar-refractivity contribution is -0.404. The summed E-state index contributed by atoms with van der Waals surface area (Å²) in [6, 6.07) is 3.96. The Morgan fingerprint density at radius 1 is 1.48 bits per heavy atom. The predicted octanol–water partition coefficient (Wildman–Crippen LogP) is 1.46. The molecular weight excluding hydrogens is 316 g/mol. The van der Waals surface area contributed by atoms with Gasteiger partial charge in [0.25, 0.3) is 6.20 Å². The van der Waals surface area contributed by atoms with Crippen molar-refractivity contribution in [1.82, 2.24) is 15.5 Å². The van der Waals surface area contributed by atoms with Crippen molar-refractivity contribution in [3.8, 4) is 12.3 Å². The van der Waals surface area contributed by atoms with Crippen LogP contribution >= 0.6 is 11.8 Å². The van der Waals surface area contributed by atoms with Crippen LogP contribution in [0.5, 0.6) is 0 Å². The van der Waals surface area contributed by atoms with Gasteiger partial charge in [0, 0.05) is 12.3 Å². The van der Waals surface area contributed by atoms with Gasteiger partial charge in [-0.15, -0.1) is 6.42 Å². The summed E-state index contributed by atoms with van der Waals surface area (Å²) >= 11 is 1.69. The van der Waals surface area contributed by atoms with E-state index < -0.39 is 4.92 Å². The standard InChI is InChI=1S/C15H22N4O3S/c1-4-7-16-15(11-19(20)21)17-8-9-23-12-14-6-5-13(22-14)10-18(2)3/h1,5-6,11,16-17H,7-10,12H2,2-3H3/b15-11+. The topological polar surface area (TPSA) is 83.6 Å². The summed E-state index contributed by atoms with van der Waals surface area (Å²) in [4.78, 5) is 12.0. The van der Waals surface area contributed by atoms with Crippen molar-refractivity contribution in [3.05, 3.63) is 45.8 Å². The van der Waals surface area contributed by atoms with E-state index in [9.17, 15) is 10.1 Å². The van der Waals surface area contributed by atoms with E-state index in [1.165, 1.54) is 0 Å². The Morgan fingerprint density at radius 2 is 2.22 bits per heavy atom. The van der Waals surface area contributed by atoms with Crippen molar-refractivity contribution >= 4 is 11.8 Å². The Hall–Kier alpha value is -2.11. The van der Waals surface area contributed by atoms with Crippen molar-refractivity contribution in [1.29, 1.82) is 0 Å². The van der Waals surface area contributed by atoms with E-state index in [0.717, 1.165) is 35.8 Å². The molecule has 0 unspecified atom stereocenters. The zero-order chi connectivity index (χ0) is 17.1. The highest BCUT2D eigenvalue weighted by molar-refractivity contribution is 7.98. The van der Waals surface area contributed by atoms with E-state index in [-0.39, 0.29) is 6.54 Å². The molecule has 0 bridgehead atoms. The summed E-state index contributed by atoms with van der Waals surface area (Å²) in [6.07, 6.45) is 6.00. The predicted molar refractivity (Wildman–Crippen MR) is 92.2 cm³/mol. The fraction of sp³-hybridized carbons (Fsp3) is 0.467. The van der Waals surface area contributed by atoms with E-state index >= 15 is 0 Å². The van der Waals surface area contributed by atoms with Gasteiger partial charge in [-0.2, -0.15) is 11.8 Å². The first-order chi connectivity index (χ1) is 11.0. The molecule has 0 radical (unpaired) electrons. The van der Waals surface area contributed by atoms with Crippen molar-refractivity contribution in [2.24, 2.45) is 0 Å². The number of terminal acetylenes is 1. The van der Waals surface area contributed by atoms with Gasteiger partial charge >= 0.3 is 0 Å². The van der Waals surface area contributed by atoms with Gasteiger partial charge in [0.1, 0.15) is 11.5 Å². The summed E-state index contributed by atoms with van der Waals surface area (Å²) in [5, 5.41) is 16.2. The second-order valence-corrected chi connectivity index (χ2v) is 6.08. The van der Waals surface area contributed by atoms with E-state index in [2.05, 4.69) is 16.6 Å². The molecule has 7 nitrogen and oxygen atoms in total. The van der Waals surface area contributed by atoms with Gasteiger partial charge in [-0.3, -0.25) is 10.1 Å². The first-order valence-corrected chi connectivity index (χ1v) is 8.23. The van der Waals surface area contributed by atoms with Crippen LogP contribution < -0.4 is 10.6 Å². The normalized spacial score (nSPS) is 11.3. The van der Waals surface area contributed by atoms with Crippen LogP contribution in [0.4, 0.5) is 0 Å². The van der Waals surface area contributed by atoms with Gasteiger partial charge in [0.05, 0.1) is 23.8 Å². The molecule has 1 aromatic heterocycles. The lowest BCUT2D eigenvalue weighted by atomic mass is 10.4. The average molecular weight is 338 g/mol. The van der Waals surface area contributed by atoms with Crippen LogP contribution in [0.25, 0.3) is 0 Å². The summed E-state index contributed by atoms with van der Waals surface area (Å²) in [5.74, 6) is 6.12. The van der Waals surface area contributed by atoms with Crippen LogP contribution in [0, 0.1) is 22.5 Å². The molecule has 0 fully saturated rings. The summed E-state index contributed by atoms with van der Waals surface area (Å²) in [5.41, 5.74) is 0. The largest absolute Gasteiger partial charge is 0.464 e. The number of nitrogens with zero attached hydrogens (tertiary/aromatic N) is 2. The first kappa shape index (κ1) is 18.9. The van der Waals surface area contributed by atoms with E-state index in [1.54, 1.807) is 11.8 Å². The molecule has 1 rings (SSSR count). The molecule has 23 heavy (non-hydrogen) atoms. The molecule has 0 atom stereocenters. The molecule has 0 saturated heterocycles. The highest BCUT2D eigenvalue weighted by Crippen LogP contribution is 2.15. The maximum atomic E-state index is 10.5. The Bertz CT molecular complexity index is 563. The average Bonchev–Trinajstić information content (AvgIpc) is 2.90. The Kier molecular flexibility index (Phi) is 8.72. The van der Waals surface area contributed by atoms with Gasteiger partial charge in [-0.25, -0.2) is 0 Å². The lowest BCUT2D eigenvalue weighted by Crippen LogP contribution is -2.29. The highest BCUT2D eigenvalue weighted by atomic mass is 32.2.